The number of fused-ring (bicyclic) bond motifs is 2. The highest BCUT2D eigenvalue weighted by atomic mass is 19.4. The third-order valence-corrected chi connectivity index (χ3v) is 12.6. The summed E-state index contributed by atoms with van der Waals surface area (Å²) in [6, 6.07) is 6.37. The minimum absolute atomic E-state index is 0.0405. The van der Waals surface area contributed by atoms with Crippen LogP contribution in [0, 0.1) is 12.3 Å². The molecule has 1 saturated carbocycles. The van der Waals surface area contributed by atoms with Crippen molar-refractivity contribution in [3.8, 4) is 16.9 Å². The number of benzene rings is 2. The van der Waals surface area contributed by atoms with E-state index in [1.165, 1.54) is 6.08 Å². The van der Waals surface area contributed by atoms with E-state index >= 15 is 0 Å². The molecule has 5 aliphatic rings. The summed E-state index contributed by atoms with van der Waals surface area (Å²) in [5, 5.41) is 8.90. The number of aromatic nitrogens is 4. The van der Waals surface area contributed by atoms with Crippen LogP contribution in [0.5, 0.6) is 5.75 Å². The van der Waals surface area contributed by atoms with Crippen molar-refractivity contribution < 1.29 is 27.4 Å². The van der Waals surface area contributed by atoms with E-state index in [2.05, 4.69) is 37.5 Å². The van der Waals surface area contributed by atoms with Gasteiger partial charge in [-0.3, -0.25) is 14.8 Å². The molecule has 2 aromatic heterocycles. The second-order valence-corrected chi connectivity index (χ2v) is 16.1. The number of H-pyrrole nitrogens is 1. The number of rotatable bonds is 9. The third kappa shape index (κ3) is 6.34. The molecule has 0 unspecified atom stereocenters. The maximum absolute atomic E-state index is 14.1. The Kier molecular flexibility index (Phi) is 8.75. The van der Waals surface area contributed by atoms with Crippen molar-refractivity contribution in [2.75, 3.05) is 75.9 Å². The molecule has 0 radical (unpaired) electrons. The molecule has 11 nitrogen and oxygen atoms in total. The number of hydrogen-bond donors (Lipinski definition) is 1. The maximum atomic E-state index is 14.1. The van der Waals surface area contributed by atoms with Gasteiger partial charge in [0.25, 0.3) is 0 Å². The van der Waals surface area contributed by atoms with Crippen LogP contribution in [0.25, 0.3) is 32.9 Å². The van der Waals surface area contributed by atoms with E-state index < -0.39 is 12.8 Å². The number of alkyl halides is 3. The quantitative estimate of drug-likeness (QED) is 0.201. The first-order valence-electron chi connectivity index (χ1n) is 19.2. The zero-order valence-corrected chi connectivity index (χ0v) is 30.9. The van der Waals surface area contributed by atoms with Crippen LogP contribution < -0.4 is 14.5 Å². The molecular weight excluding hydrogens is 697 g/mol. The molecule has 1 aliphatic carbocycles. The first kappa shape index (κ1) is 35.3. The largest absolute Gasteiger partial charge is 0.481 e. The monoisotopic (exact) mass is 744 g/mol. The van der Waals surface area contributed by atoms with E-state index in [9.17, 15) is 18.0 Å². The molecule has 1 spiro atoms. The average Bonchev–Trinajstić information content (AvgIpc) is 3.49. The fourth-order valence-electron chi connectivity index (χ4n) is 9.40. The molecule has 6 heterocycles. The molecule has 2 aromatic carbocycles. The van der Waals surface area contributed by atoms with Crippen LogP contribution in [0.3, 0.4) is 0 Å². The summed E-state index contributed by atoms with van der Waals surface area (Å²) in [6.07, 6.45) is 4.34. The minimum Gasteiger partial charge on any atom is -0.481 e. The summed E-state index contributed by atoms with van der Waals surface area (Å²) in [4.78, 5) is 31.6. The number of anilines is 2. The second kappa shape index (κ2) is 13.4. The molecule has 1 N–H and O–H groups in total. The van der Waals surface area contributed by atoms with Crippen LogP contribution >= 0.6 is 0 Å². The van der Waals surface area contributed by atoms with Crippen LogP contribution in [0.1, 0.15) is 55.6 Å². The number of ether oxygens (including phenoxy) is 2. The van der Waals surface area contributed by atoms with Gasteiger partial charge in [-0.15, -0.1) is 0 Å². The lowest BCUT2D eigenvalue weighted by Crippen LogP contribution is -2.61. The smallest absolute Gasteiger partial charge is 0.422 e. The number of aromatic amines is 1. The lowest BCUT2D eigenvalue weighted by Gasteiger charge is -2.54. The van der Waals surface area contributed by atoms with Crippen molar-refractivity contribution in [3.63, 3.8) is 0 Å². The summed E-state index contributed by atoms with van der Waals surface area (Å²) in [7, 11) is 1.76. The van der Waals surface area contributed by atoms with Gasteiger partial charge in [0.2, 0.25) is 11.9 Å². The summed E-state index contributed by atoms with van der Waals surface area (Å²) in [5.74, 6) is 1.53. The van der Waals surface area contributed by atoms with Crippen LogP contribution in [-0.4, -0.2) is 120 Å². The number of nitrogens with zero attached hydrogens (tertiary/aromatic N) is 7. The summed E-state index contributed by atoms with van der Waals surface area (Å²) in [5.41, 5.74) is 4.61. The van der Waals surface area contributed by atoms with E-state index in [1.54, 1.807) is 13.3 Å². The third-order valence-electron chi connectivity index (χ3n) is 12.6. The van der Waals surface area contributed by atoms with Gasteiger partial charge in [0, 0.05) is 87.3 Å². The van der Waals surface area contributed by atoms with Gasteiger partial charge in [-0.25, -0.2) is 4.98 Å². The lowest BCUT2D eigenvalue weighted by atomic mass is 9.72. The van der Waals surface area contributed by atoms with Gasteiger partial charge in [-0.05, 0) is 86.3 Å². The minimum atomic E-state index is -4.56. The Morgan fingerprint density at radius 2 is 1.81 bits per heavy atom. The van der Waals surface area contributed by atoms with Gasteiger partial charge >= 0.3 is 6.18 Å². The van der Waals surface area contributed by atoms with Crippen LogP contribution in [0.2, 0.25) is 0 Å². The van der Waals surface area contributed by atoms with Crippen molar-refractivity contribution in [1.82, 2.24) is 30.0 Å². The molecule has 5 fully saturated rings. The molecule has 0 bridgehead atoms. The van der Waals surface area contributed by atoms with Crippen molar-refractivity contribution >= 4 is 39.5 Å². The molecule has 4 aromatic rings. The zero-order chi connectivity index (χ0) is 37.4. The number of likely N-dealkylation sites (tertiary alicyclic amines) is 2. The highest BCUT2D eigenvalue weighted by Gasteiger charge is 2.47. The highest BCUT2D eigenvalue weighted by Crippen LogP contribution is 2.53. The van der Waals surface area contributed by atoms with Crippen molar-refractivity contribution in [1.29, 1.82) is 0 Å². The summed E-state index contributed by atoms with van der Waals surface area (Å²) in [6.45, 7) is 10.3. The molecular formula is C40H47F3N8O3. The fourth-order valence-corrected chi connectivity index (χ4v) is 9.40. The number of carbonyl (C=O) groups is 1. The number of halogens is 3. The van der Waals surface area contributed by atoms with E-state index in [4.69, 9.17) is 19.4 Å². The number of hydrogen-bond acceptors (Lipinski definition) is 9. The highest BCUT2D eigenvalue weighted by molar-refractivity contribution is 6.06. The van der Waals surface area contributed by atoms with Crippen LogP contribution in [0.4, 0.5) is 24.9 Å². The second-order valence-electron chi connectivity index (χ2n) is 16.1. The predicted molar refractivity (Wildman–Crippen MR) is 201 cm³/mol. The van der Waals surface area contributed by atoms with Gasteiger partial charge in [0.15, 0.2) is 12.4 Å². The van der Waals surface area contributed by atoms with Gasteiger partial charge in [-0.1, -0.05) is 12.6 Å². The van der Waals surface area contributed by atoms with Gasteiger partial charge in [0.05, 0.1) is 17.8 Å². The average molecular weight is 745 g/mol. The summed E-state index contributed by atoms with van der Waals surface area (Å²) < 4.78 is 54.1. The number of aryl methyl sites for hydroxylation is 1. The summed E-state index contributed by atoms with van der Waals surface area (Å²) >= 11 is 0. The molecule has 4 saturated heterocycles. The first-order chi connectivity index (χ1) is 26.0. The van der Waals surface area contributed by atoms with Crippen molar-refractivity contribution in [2.24, 2.45) is 5.41 Å². The molecule has 1 amide bonds. The topological polar surface area (TPSA) is 103 Å². The normalized spacial score (nSPS) is 23.2. The van der Waals surface area contributed by atoms with Crippen LogP contribution in [-0.2, 0) is 9.53 Å². The number of nitrogens with one attached hydrogen (secondary N) is 1. The fraction of sp³-hybridized carbons (Fsp3) is 0.550. The Morgan fingerprint density at radius 3 is 2.52 bits per heavy atom. The molecule has 9 rings (SSSR count). The lowest BCUT2D eigenvalue weighted by molar-refractivity contribution is -0.153. The Labute approximate surface area is 312 Å². The first-order valence-corrected chi connectivity index (χ1v) is 19.2. The Balaban J connectivity index is 1.19. The number of piperidine rings is 1. The molecule has 54 heavy (non-hydrogen) atoms. The standard InChI is InChI=1S/C40H47F3N8O3/c1-4-32(52)51-21-39(22-51)11-15-48(16-12-39)37-29-17-28(25-6-7-25)34(33-24(2)5-8-31-30(33)18-44-47-31)36(54-23-40(41,42)43)35(29)45-38(46-37)50-13-9-26(19-50)49-14-10-27(20-49)53-3/h4-5,8,17-18,25-27H,1,6-7,9-16,19-23H2,2-3H3,(H,44,47)/t26-,27+/m0/s1. The number of amides is 1. The van der Waals surface area contributed by atoms with Gasteiger partial charge < -0.3 is 24.2 Å². The van der Waals surface area contributed by atoms with E-state index in [0.29, 0.717) is 54.6 Å². The Morgan fingerprint density at radius 1 is 1.02 bits per heavy atom. The van der Waals surface area contributed by atoms with Crippen LogP contribution in [0.15, 0.2) is 37.1 Å². The van der Waals surface area contributed by atoms with Gasteiger partial charge in [0.1, 0.15) is 11.3 Å². The molecule has 4 aliphatic heterocycles. The van der Waals surface area contributed by atoms with Gasteiger partial charge in [-0.2, -0.15) is 23.3 Å². The predicted octanol–water partition coefficient (Wildman–Crippen LogP) is 6.21. The van der Waals surface area contributed by atoms with Crippen molar-refractivity contribution in [2.45, 2.75) is 69.7 Å². The van der Waals surface area contributed by atoms with Crippen molar-refractivity contribution in [3.05, 3.63) is 48.2 Å². The Bertz CT molecular complexity index is 2100. The maximum Gasteiger partial charge on any atom is 0.422 e. The molecule has 2 atom stereocenters. The molecule has 286 valence electrons. The Hall–Kier alpha value is -4.43. The van der Waals surface area contributed by atoms with E-state index in [0.717, 1.165) is 98.1 Å². The van der Waals surface area contributed by atoms with E-state index in [1.807, 2.05) is 24.0 Å². The number of carbonyl (C=O) groups excluding carboxylic acids is 1. The number of methoxy groups -OCH3 is 1. The van der Waals surface area contributed by atoms with E-state index in [-0.39, 0.29) is 29.1 Å². The SMILES string of the molecule is C=CC(=O)N1CC2(CCN(c3nc(N4CC[C@H](N5CC[C@@H](OC)C5)C4)nc4c(OCC(F)(F)F)c(-c5c(C)ccc6[nH]ncc56)c(C5CC5)cc34)CC2)C1. The zero-order valence-electron chi connectivity index (χ0n) is 30.9. The molecule has 14 heteroatoms.